The van der Waals surface area contributed by atoms with Gasteiger partial charge in [-0.05, 0) is 0 Å². The summed E-state index contributed by atoms with van der Waals surface area (Å²) >= 11 is -1.03. The van der Waals surface area contributed by atoms with E-state index in [0.717, 1.165) is 0 Å². The Labute approximate surface area is 85.7 Å². The van der Waals surface area contributed by atoms with Crippen molar-refractivity contribution < 1.29 is 0 Å². The van der Waals surface area contributed by atoms with Gasteiger partial charge in [0.25, 0.3) is 0 Å². The van der Waals surface area contributed by atoms with Gasteiger partial charge < -0.3 is 0 Å². The van der Waals surface area contributed by atoms with Crippen molar-refractivity contribution in [2.24, 2.45) is 0 Å². The van der Waals surface area contributed by atoms with Crippen LogP contribution >= 0.6 is 0 Å². The van der Waals surface area contributed by atoms with Gasteiger partial charge in [0.15, 0.2) is 0 Å². The fourth-order valence-electron chi connectivity index (χ4n) is 1.21. The Morgan fingerprint density at radius 2 is 1.50 bits per heavy atom. The summed E-state index contributed by atoms with van der Waals surface area (Å²) in [5.74, 6) is 0. The predicted molar refractivity (Wildman–Crippen MR) is 62.7 cm³/mol. The van der Waals surface area contributed by atoms with Gasteiger partial charge in [0.1, 0.15) is 0 Å². The van der Waals surface area contributed by atoms with Crippen LogP contribution in [0.5, 0.6) is 0 Å². The average Bonchev–Trinajstić information content (AvgIpc) is 1.79. The summed E-state index contributed by atoms with van der Waals surface area (Å²) in [6, 6.07) is 0. The van der Waals surface area contributed by atoms with Gasteiger partial charge >= 0.3 is 86.0 Å². The van der Waals surface area contributed by atoms with Crippen molar-refractivity contribution in [3.8, 4) is 0 Å². The van der Waals surface area contributed by atoms with Crippen LogP contribution in [0.2, 0.25) is 29.4 Å². The standard InChI is InChI=1S/C8H15Si.2CH3.Sb/c1-8(2)6-7-9(3,4)5;;;/h1-5H3;2*1H3;. The maximum atomic E-state index is 3.60. The maximum absolute atomic E-state index is 3.60. The molecule has 0 nitrogen and oxygen atoms in total. The molecule has 0 saturated carbocycles. The minimum absolute atomic E-state index is 1.03. The third-order valence-corrected chi connectivity index (χ3v) is 14.7. The summed E-state index contributed by atoms with van der Waals surface area (Å²) in [4.78, 5) is 4.90. The molecule has 0 aromatic heterocycles. The molecule has 0 unspecified atom stereocenters. The van der Waals surface area contributed by atoms with Crippen LogP contribution in [0.1, 0.15) is 13.8 Å². The summed E-state index contributed by atoms with van der Waals surface area (Å²) in [5.41, 5.74) is 4.95. The molecule has 0 aromatic carbocycles. The van der Waals surface area contributed by atoms with Crippen LogP contribution in [-0.2, 0) is 0 Å². The van der Waals surface area contributed by atoms with Crippen molar-refractivity contribution in [1.82, 2.24) is 0 Å². The van der Waals surface area contributed by atoms with Crippen LogP contribution in [0.3, 0.4) is 0 Å². The number of hydrogen-bond acceptors (Lipinski definition) is 0. The molecule has 0 amide bonds. The van der Waals surface area contributed by atoms with E-state index in [1.165, 1.54) is 5.57 Å². The Morgan fingerprint density at radius 3 is 1.58 bits per heavy atom. The normalized spacial score (nSPS) is 11.3. The topological polar surface area (TPSA) is 0 Å². The Bertz CT molecular complexity index is 210. The van der Waals surface area contributed by atoms with Crippen molar-refractivity contribution in [2.75, 3.05) is 0 Å². The molecule has 0 aromatic rings. The van der Waals surface area contributed by atoms with Gasteiger partial charge in [-0.2, -0.15) is 0 Å². The first-order chi connectivity index (χ1) is 5.25. The molecule has 0 aliphatic rings. The quantitative estimate of drug-likeness (QED) is 0.538. The molecule has 0 atom stereocenters. The Hall–Kier alpha value is 0.555. The summed E-state index contributed by atoms with van der Waals surface area (Å²) in [5, 5.41) is 0. The van der Waals surface area contributed by atoms with E-state index in [2.05, 4.69) is 49.0 Å². The van der Waals surface area contributed by atoms with Crippen LogP contribution in [-0.4, -0.2) is 28.3 Å². The molecule has 0 bridgehead atoms. The van der Waals surface area contributed by atoms with Crippen molar-refractivity contribution in [3.63, 3.8) is 0 Å². The van der Waals surface area contributed by atoms with Crippen molar-refractivity contribution in [3.05, 3.63) is 14.4 Å². The molecule has 70 valence electrons. The van der Waals surface area contributed by atoms with E-state index in [9.17, 15) is 0 Å². The molecule has 0 N–H and O–H groups in total. The zero-order valence-corrected chi connectivity index (χ0v) is 13.0. The minimum atomic E-state index is -1.05. The first-order valence-electron chi connectivity index (χ1n) is 4.37. The zero-order chi connectivity index (χ0) is 9.94. The number of rotatable bonds is 2. The average molecular weight is 291 g/mol. The predicted octanol–water partition coefficient (Wildman–Crippen LogP) is 3.65. The summed E-state index contributed by atoms with van der Waals surface area (Å²) in [7, 11) is -1.05. The van der Waals surface area contributed by atoms with E-state index in [-0.39, 0.29) is 0 Å². The molecule has 0 aliphatic heterocycles. The Morgan fingerprint density at radius 1 is 1.08 bits per heavy atom. The van der Waals surface area contributed by atoms with E-state index >= 15 is 0 Å². The zero-order valence-electron chi connectivity index (χ0n) is 9.45. The van der Waals surface area contributed by atoms with Crippen LogP contribution < -0.4 is 0 Å². The van der Waals surface area contributed by atoms with Gasteiger partial charge in [-0.3, -0.25) is 0 Å². The molecule has 0 fully saturated rings. The first-order valence-corrected chi connectivity index (χ1v) is 14.2. The van der Waals surface area contributed by atoms with E-state index in [1.54, 1.807) is 3.14 Å². The number of hydrogen-bond donors (Lipinski definition) is 0. The van der Waals surface area contributed by atoms with Crippen molar-refractivity contribution >= 4 is 28.3 Å². The van der Waals surface area contributed by atoms with Crippen molar-refractivity contribution in [2.45, 2.75) is 43.2 Å². The molecule has 0 radical (unpaired) electrons. The molecule has 0 rings (SSSR count). The molecular formula is C10H21SbSi. The molecule has 0 spiro atoms. The second-order valence-electron chi connectivity index (χ2n) is 4.62. The third-order valence-electron chi connectivity index (χ3n) is 1.53. The van der Waals surface area contributed by atoms with Crippen molar-refractivity contribution in [1.29, 1.82) is 0 Å². The van der Waals surface area contributed by atoms with Crippen LogP contribution in [0.15, 0.2) is 14.4 Å². The molecule has 0 aliphatic carbocycles. The van der Waals surface area contributed by atoms with E-state index in [0.29, 0.717) is 0 Å². The summed E-state index contributed by atoms with van der Waals surface area (Å²) in [6.07, 6.45) is 0. The van der Waals surface area contributed by atoms with Gasteiger partial charge in [-0.1, -0.05) is 0 Å². The second kappa shape index (κ2) is 4.70. The van der Waals surface area contributed by atoms with E-state index in [4.69, 9.17) is 0 Å². The molecule has 12 heavy (non-hydrogen) atoms. The van der Waals surface area contributed by atoms with E-state index < -0.39 is 28.3 Å². The fourth-order valence-corrected chi connectivity index (χ4v) is 15.9. The Balaban J connectivity index is 5.10. The van der Waals surface area contributed by atoms with Gasteiger partial charge in [0, 0.05) is 0 Å². The molecule has 0 heterocycles. The Kier molecular flexibility index (Phi) is 4.91. The SMILES string of the molecule is CC(C)=C=[C]([Sb]([CH3])[CH3])[Si](C)(C)C. The summed E-state index contributed by atoms with van der Waals surface area (Å²) < 4.78 is 1.74. The monoisotopic (exact) mass is 290 g/mol. The van der Waals surface area contributed by atoms with Crippen LogP contribution in [0.4, 0.5) is 0 Å². The van der Waals surface area contributed by atoms with Gasteiger partial charge in [-0.25, -0.2) is 0 Å². The van der Waals surface area contributed by atoms with E-state index in [1.807, 2.05) is 0 Å². The van der Waals surface area contributed by atoms with Gasteiger partial charge in [-0.15, -0.1) is 0 Å². The molecule has 0 saturated heterocycles. The second-order valence-corrected chi connectivity index (χ2v) is 17.2. The first kappa shape index (κ1) is 12.6. The van der Waals surface area contributed by atoms with Crippen LogP contribution in [0.25, 0.3) is 0 Å². The molecular weight excluding hydrogens is 270 g/mol. The number of allylic oxidation sites excluding steroid dienone is 1. The van der Waals surface area contributed by atoms with Gasteiger partial charge in [0.2, 0.25) is 0 Å². The molecule has 2 heteroatoms. The fraction of sp³-hybridized carbons (Fsp3) is 0.700. The third kappa shape index (κ3) is 4.55. The summed E-state index contributed by atoms with van der Waals surface area (Å²) in [6.45, 7) is 11.6. The van der Waals surface area contributed by atoms with Crippen LogP contribution in [0, 0.1) is 0 Å². The van der Waals surface area contributed by atoms with Gasteiger partial charge in [0.05, 0.1) is 0 Å².